The third kappa shape index (κ3) is 3.55. The SMILES string of the molecule is C=C(NNC(=O)c1cccs1)c1ccc(OC)c(OC)c1. The number of amides is 1. The van der Waals surface area contributed by atoms with Gasteiger partial charge in [0.15, 0.2) is 11.5 Å². The molecule has 0 bridgehead atoms. The number of carbonyl (C=O) groups is 1. The number of hydrogen-bond acceptors (Lipinski definition) is 5. The Balaban J connectivity index is 2.02. The molecule has 0 radical (unpaired) electrons. The van der Waals surface area contributed by atoms with Gasteiger partial charge in [-0.15, -0.1) is 11.3 Å². The zero-order chi connectivity index (χ0) is 15.2. The van der Waals surface area contributed by atoms with Gasteiger partial charge in [0.25, 0.3) is 5.91 Å². The summed E-state index contributed by atoms with van der Waals surface area (Å²) in [6.07, 6.45) is 0. The quantitative estimate of drug-likeness (QED) is 0.806. The molecule has 1 amide bonds. The third-order valence-corrected chi connectivity index (χ3v) is 3.67. The first-order chi connectivity index (χ1) is 10.2. The van der Waals surface area contributed by atoms with Gasteiger partial charge in [-0.05, 0) is 29.6 Å². The van der Waals surface area contributed by atoms with Crippen molar-refractivity contribution < 1.29 is 14.3 Å². The summed E-state index contributed by atoms with van der Waals surface area (Å²) in [5.41, 5.74) is 6.74. The van der Waals surface area contributed by atoms with E-state index in [1.807, 2.05) is 17.5 Å². The summed E-state index contributed by atoms with van der Waals surface area (Å²) in [4.78, 5) is 12.4. The molecule has 1 aromatic carbocycles. The molecule has 21 heavy (non-hydrogen) atoms. The van der Waals surface area contributed by atoms with E-state index in [4.69, 9.17) is 9.47 Å². The molecule has 0 spiro atoms. The molecule has 6 heteroatoms. The first-order valence-electron chi connectivity index (χ1n) is 6.17. The smallest absolute Gasteiger partial charge is 0.279 e. The average molecular weight is 304 g/mol. The van der Waals surface area contributed by atoms with Crippen LogP contribution in [0.1, 0.15) is 15.2 Å². The minimum absolute atomic E-state index is 0.202. The lowest BCUT2D eigenvalue weighted by Gasteiger charge is -2.13. The number of nitrogens with one attached hydrogen (secondary N) is 2. The van der Waals surface area contributed by atoms with E-state index in [2.05, 4.69) is 17.4 Å². The molecule has 0 atom stereocenters. The first-order valence-corrected chi connectivity index (χ1v) is 7.05. The lowest BCUT2D eigenvalue weighted by atomic mass is 10.1. The summed E-state index contributed by atoms with van der Waals surface area (Å²) >= 11 is 1.37. The van der Waals surface area contributed by atoms with Crippen molar-refractivity contribution in [3.05, 3.63) is 52.7 Å². The van der Waals surface area contributed by atoms with Crippen LogP contribution in [0.15, 0.2) is 42.3 Å². The van der Waals surface area contributed by atoms with Gasteiger partial charge >= 0.3 is 0 Å². The van der Waals surface area contributed by atoms with Crippen LogP contribution >= 0.6 is 11.3 Å². The van der Waals surface area contributed by atoms with Gasteiger partial charge in [0.05, 0.1) is 24.8 Å². The number of ether oxygens (including phenoxy) is 2. The van der Waals surface area contributed by atoms with Gasteiger partial charge in [-0.25, -0.2) is 0 Å². The zero-order valence-corrected chi connectivity index (χ0v) is 12.6. The molecule has 5 nitrogen and oxygen atoms in total. The lowest BCUT2D eigenvalue weighted by Crippen LogP contribution is -2.35. The molecule has 2 rings (SSSR count). The number of hydrazine groups is 1. The van der Waals surface area contributed by atoms with E-state index < -0.39 is 0 Å². The van der Waals surface area contributed by atoms with Crippen molar-refractivity contribution in [3.8, 4) is 11.5 Å². The van der Waals surface area contributed by atoms with Crippen LogP contribution in [0.2, 0.25) is 0 Å². The monoisotopic (exact) mass is 304 g/mol. The van der Waals surface area contributed by atoms with Crippen LogP contribution < -0.4 is 20.3 Å². The molecule has 110 valence electrons. The molecule has 0 aliphatic heterocycles. The van der Waals surface area contributed by atoms with Crippen LogP contribution in [0, 0.1) is 0 Å². The fourth-order valence-corrected chi connectivity index (χ4v) is 2.32. The van der Waals surface area contributed by atoms with Crippen LogP contribution in [0.25, 0.3) is 5.70 Å². The minimum Gasteiger partial charge on any atom is -0.493 e. The predicted molar refractivity (Wildman–Crippen MR) is 83.5 cm³/mol. The van der Waals surface area contributed by atoms with E-state index in [-0.39, 0.29) is 5.91 Å². The Morgan fingerprint density at radius 3 is 2.52 bits per heavy atom. The first kappa shape index (κ1) is 14.9. The molecule has 0 unspecified atom stereocenters. The fraction of sp³-hybridized carbons (Fsp3) is 0.133. The van der Waals surface area contributed by atoms with Crippen molar-refractivity contribution in [3.63, 3.8) is 0 Å². The van der Waals surface area contributed by atoms with E-state index in [1.165, 1.54) is 11.3 Å². The fourth-order valence-electron chi connectivity index (χ4n) is 1.70. The molecule has 1 heterocycles. The van der Waals surface area contributed by atoms with Crippen molar-refractivity contribution in [2.45, 2.75) is 0 Å². The van der Waals surface area contributed by atoms with Crippen LogP contribution in [0.5, 0.6) is 11.5 Å². The van der Waals surface area contributed by atoms with E-state index in [9.17, 15) is 4.79 Å². The van der Waals surface area contributed by atoms with E-state index in [0.717, 1.165) is 5.56 Å². The molecule has 0 saturated heterocycles. The Kier molecular flexibility index (Phi) is 4.84. The second kappa shape index (κ2) is 6.81. The number of carbonyl (C=O) groups excluding carboxylic acids is 1. The van der Waals surface area contributed by atoms with Crippen LogP contribution in [0.3, 0.4) is 0 Å². The highest BCUT2D eigenvalue weighted by atomic mass is 32.1. The van der Waals surface area contributed by atoms with Gasteiger partial charge in [-0.1, -0.05) is 12.6 Å². The van der Waals surface area contributed by atoms with Gasteiger partial charge in [-0.2, -0.15) is 0 Å². The van der Waals surface area contributed by atoms with Gasteiger partial charge in [0.2, 0.25) is 0 Å². The van der Waals surface area contributed by atoms with Crippen molar-refractivity contribution in [2.24, 2.45) is 0 Å². The largest absolute Gasteiger partial charge is 0.493 e. The summed E-state index contributed by atoms with van der Waals surface area (Å²) in [7, 11) is 3.14. The Bertz CT molecular complexity index is 638. The van der Waals surface area contributed by atoms with Crippen LogP contribution in [0.4, 0.5) is 0 Å². The number of methoxy groups -OCH3 is 2. The van der Waals surface area contributed by atoms with E-state index in [0.29, 0.717) is 22.1 Å². The summed E-state index contributed by atoms with van der Waals surface area (Å²) < 4.78 is 10.4. The van der Waals surface area contributed by atoms with Crippen molar-refractivity contribution in [1.82, 2.24) is 10.9 Å². The highest BCUT2D eigenvalue weighted by Gasteiger charge is 2.09. The topological polar surface area (TPSA) is 59.6 Å². The number of thiophene rings is 1. The Labute approximate surface area is 127 Å². The zero-order valence-electron chi connectivity index (χ0n) is 11.8. The van der Waals surface area contributed by atoms with Crippen molar-refractivity contribution >= 4 is 22.9 Å². The Morgan fingerprint density at radius 2 is 1.90 bits per heavy atom. The highest BCUT2D eigenvalue weighted by molar-refractivity contribution is 7.12. The normalized spacial score (nSPS) is 9.81. The lowest BCUT2D eigenvalue weighted by molar-refractivity contribution is 0.0946. The highest BCUT2D eigenvalue weighted by Crippen LogP contribution is 2.29. The molecule has 2 N–H and O–H groups in total. The number of rotatable bonds is 6. The molecule has 0 fully saturated rings. The van der Waals surface area contributed by atoms with Gasteiger partial charge in [-0.3, -0.25) is 15.6 Å². The predicted octanol–water partition coefficient (Wildman–Crippen LogP) is 2.67. The standard InChI is InChI=1S/C15H16N2O3S/c1-10(16-17-15(18)14-5-4-8-21-14)11-6-7-12(19-2)13(9-11)20-3/h4-9,16H,1H2,2-3H3,(H,17,18). The van der Waals surface area contributed by atoms with E-state index >= 15 is 0 Å². The number of hydrogen-bond donors (Lipinski definition) is 2. The maximum atomic E-state index is 11.8. The molecule has 2 aromatic rings. The van der Waals surface area contributed by atoms with Crippen LogP contribution in [-0.2, 0) is 0 Å². The molecule has 0 aliphatic carbocycles. The Morgan fingerprint density at radius 1 is 1.14 bits per heavy atom. The van der Waals surface area contributed by atoms with Gasteiger partial charge in [0, 0.05) is 5.56 Å². The molecular formula is C15H16N2O3S. The third-order valence-electron chi connectivity index (χ3n) is 2.80. The molecule has 0 aliphatic rings. The summed E-state index contributed by atoms with van der Waals surface area (Å²) in [6.45, 7) is 3.89. The van der Waals surface area contributed by atoms with Gasteiger partial charge in [0.1, 0.15) is 0 Å². The summed E-state index contributed by atoms with van der Waals surface area (Å²) in [5, 5.41) is 1.85. The number of benzene rings is 1. The molecule has 0 saturated carbocycles. The minimum atomic E-state index is -0.202. The maximum absolute atomic E-state index is 11.8. The average Bonchev–Trinajstić information content (AvgIpc) is 3.06. The second-order valence-corrected chi connectivity index (χ2v) is 5.05. The van der Waals surface area contributed by atoms with E-state index in [1.54, 1.807) is 32.4 Å². The van der Waals surface area contributed by atoms with Gasteiger partial charge < -0.3 is 9.47 Å². The second-order valence-electron chi connectivity index (χ2n) is 4.10. The van der Waals surface area contributed by atoms with Crippen molar-refractivity contribution in [1.29, 1.82) is 0 Å². The summed E-state index contributed by atoms with van der Waals surface area (Å²) in [6, 6.07) is 8.96. The van der Waals surface area contributed by atoms with Crippen molar-refractivity contribution in [2.75, 3.05) is 14.2 Å². The van der Waals surface area contributed by atoms with Crippen LogP contribution in [-0.4, -0.2) is 20.1 Å². The molecule has 1 aromatic heterocycles. The Hall–Kier alpha value is -2.47. The maximum Gasteiger partial charge on any atom is 0.279 e. The molecular weight excluding hydrogens is 288 g/mol. The summed E-state index contributed by atoms with van der Waals surface area (Å²) in [5.74, 6) is 1.03.